The fourth-order valence-corrected chi connectivity index (χ4v) is 3.15. The fourth-order valence-electron chi connectivity index (χ4n) is 3.15. The molecule has 2 aromatic carbocycles. The van der Waals surface area contributed by atoms with Crippen molar-refractivity contribution in [2.24, 2.45) is 5.10 Å². The molecule has 168 valence electrons. The van der Waals surface area contributed by atoms with Gasteiger partial charge in [-0.1, -0.05) is 13.0 Å². The van der Waals surface area contributed by atoms with Crippen molar-refractivity contribution >= 4 is 29.4 Å². The summed E-state index contributed by atoms with van der Waals surface area (Å²) >= 11 is 0. The number of ether oxygens (including phenoxy) is 3. The maximum atomic E-state index is 13.0. The number of hydrazone groups is 1. The van der Waals surface area contributed by atoms with E-state index in [0.29, 0.717) is 40.6 Å². The fraction of sp³-hybridized carbons (Fsp3) is 0.320. The van der Waals surface area contributed by atoms with Gasteiger partial charge in [0.15, 0.2) is 11.5 Å². The van der Waals surface area contributed by atoms with Gasteiger partial charge in [-0.15, -0.1) is 0 Å². The zero-order valence-corrected chi connectivity index (χ0v) is 19.0. The molecule has 0 aromatic heterocycles. The predicted octanol–water partition coefficient (Wildman–Crippen LogP) is 4.86. The Morgan fingerprint density at radius 1 is 1.12 bits per heavy atom. The van der Waals surface area contributed by atoms with Gasteiger partial charge in [-0.3, -0.25) is 4.79 Å². The van der Waals surface area contributed by atoms with E-state index in [0.717, 1.165) is 12.0 Å². The second-order valence-corrected chi connectivity index (χ2v) is 7.62. The molecule has 1 amide bonds. The summed E-state index contributed by atoms with van der Waals surface area (Å²) in [6.07, 6.45) is 2.48. The Hall–Kier alpha value is -3.61. The molecule has 7 heteroatoms. The number of benzene rings is 2. The Bertz CT molecular complexity index is 1050. The summed E-state index contributed by atoms with van der Waals surface area (Å²) in [5.41, 5.74) is 2.88. The minimum Gasteiger partial charge on any atom is -0.493 e. The standard InChI is InChI=1S/C25H28N2O5/c1-6-13-31-22-12-7-18(15-23(22)30-5)14-21-17(4)26-27(24(21)28)20-10-8-19(9-11-20)25(29)32-16(2)3/h7-12,14-16H,6,13H2,1-5H3/b21-14-. The van der Waals surface area contributed by atoms with Crippen LogP contribution in [-0.2, 0) is 9.53 Å². The highest BCUT2D eigenvalue weighted by molar-refractivity contribution is 6.32. The number of rotatable bonds is 8. The van der Waals surface area contributed by atoms with E-state index >= 15 is 0 Å². The number of anilines is 1. The summed E-state index contributed by atoms with van der Waals surface area (Å²) in [4.78, 5) is 25.1. The normalized spacial score (nSPS) is 14.7. The molecule has 0 fully saturated rings. The monoisotopic (exact) mass is 436 g/mol. The van der Waals surface area contributed by atoms with Crippen LogP contribution in [-0.4, -0.2) is 37.4 Å². The number of carbonyl (C=O) groups is 2. The SMILES string of the molecule is CCCOc1ccc(/C=C2\C(=O)N(c3ccc(C(=O)OC(C)C)cc3)N=C2C)cc1OC. The first-order valence-corrected chi connectivity index (χ1v) is 10.6. The maximum absolute atomic E-state index is 13.0. The molecule has 2 aromatic rings. The average Bonchev–Trinajstić information content (AvgIpc) is 3.06. The molecule has 0 N–H and O–H groups in total. The van der Waals surface area contributed by atoms with Gasteiger partial charge in [0.05, 0.1) is 42.4 Å². The van der Waals surface area contributed by atoms with Gasteiger partial charge >= 0.3 is 5.97 Å². The molecule has 0 saturated heterocycles. The van der Waals surface area contributed by atoms with Crippen LogP contribution in [0.25, 0.3) is 6.08 Å². The van der Waals surface area contributed by atoms with Gasteiger partial charge in [0.1, 0.15) is 0 Å². The summed E-state index contributed by atoms with van der Waals surface area (Å²) in [6, 6.07) is 12.1. The molecular formula is C25H28N2O5. The Morgan fingerprint density at radius 2 is 1.84 bits per heavy atom. The lowest BCUT2D eigenvalue weighted by atomic mass is 10.1. The Kier molecular flexibility index (Phi) is 7.30. The highest BCUT2D eigenvalue weighted by atomic mass is 16.5. The lowest BCUT2D eigenvalue weighted by molar-refractivity contribution is -0.114. The van der Waals surface area contributed by atoms with Crippen molar-refractivity contribution in [2.45, 2.75) is 40.2 Å². The van der Waals surface area contributed by atoms with E-state index in [-0.39, 0.29) is 12.0 Å². The van der Waals surface area contributed by atoms with Crippen LogP contribution in [0.1, 0.15) is 50.0 Å². The maximum Gasteiger partial charge on any atom is 0.338 e. The smallest absolute Gasteiger partial charge is 0.338 e. The first kappa shape index (κ1) is 23.1. The third kappa shape index (κ3) is 5.17. The van der Waals surface area contributed by atoms with Crippen LogP contribution in [0.15, 0.2) is 53.1 Å². The van der Waals surface area contributed by atoms with Crippen LogP contribution in [0.5, 0.6) is 11.5 Å². The van der Waals surface area contributed by atoms with Crippen molar-refractivity contribution in [2.75, 3.05) is 18.7 Å². The van der Waals surface area contributed by atoms with Crippen LogP contribution >= 0.6 is 0 Å². The number of hydrogen-bond acceptors (Lipinski definition) is 6. The van der Waals surface area contributed by atoms with E-state index in [4.69, 9.17) is 14.2 Å². The number of hydrogen-bond donors (Lipinski definition) is 0. The summed E-state index contributed by atoms with van der Waals surface area (Å²) in [5, 5.41) is 5.73. The van der Waals surface area contributed by atoms with Gasteiger partial charge in [0.25, 0.3) is 5.91 Å². The lowest BCUT2D eigenvalue weighted by Gasteiger charge is -2.13. The lowest BCUT2D eigenvalue weighted by Crippen LogP contribution is -2.21. The third-order valence-electron chi connectivity index (χ3n) is 4.71. The van der Waals surface area contributed by atoms with Crippen molar-refractivity contribution in [1.29, 1.82) is 0 Å². The highest BCUT2D eigenvalue weighted by Crippen LogP contribution is 2.31. The first-order chi connectivity index (χ1) is 15.3. The van der Waals surface area contributed by atoms with Gasteiger partial charge in [-0.2, -0.15) is 10.1 Å². The zero-order valence-electron chi connectivity index (χ0n) is 19.0. The quantitative estimate of drug-likeness (QED) is 0.436. The van der Waals surface area contributed by atoms with E-state index < -0.39 is 5.97 Å². The molecule has 0 spiro atoms. The van der Waals surface area contributed by atoms with E-state index in [1.807, 2.05) is 25.1 Å². The van der Waals surface area contributed by atoms with E-state index in [2.05, 4.69) is 5.10 Å². The topological polar surface area (TPSA) is 77.4 Å². The van der Waals surface area contributed by atoms with Crippen molar-refractivity contribution in [3.63, 3.8) is 0 Å². The Morgan fingerprint density at radius 3 is 2.47 bits per heavy atom. The van der Waals surface area contributed by atoms with Crippen LogP contribution in [0, 0.1) is 0 Å². The van der Waals surface area contributed by atoms with Crippen LogP contribution < -0.4 is 14.5 Å². The van der Waals surface area contributed by atoms with Gasteiger partial charge < -0.3 is 14.2 Å². The number of amides is 1. The molecule has 0 radical (unpaired) electrons. The van der Waals surface area contributed by atoms with Crippen molar-refractivity contribution in [3.05, 3.63) is 59.2 Å². The average molecular weight is 437 g/mol. The minimum atomic E-state index is -0.403. The number of carbonyl (C=O) groups excluding carboxylic acids is 2. The van der Waals surface area contributed by atoms with Gasteiger partial charge in [0, 0.05) is 0 Å². The molecule has 0 bridgehead atoms. The van der Waals surface area contributed by atoms with Crippen LogP contribution in [0.2, 0.25) is 0 Å². The third-order valence-corrected chi connectivity index (χ3v) is 4.71. The van der Waals surface area contributed by atoms with Crippen molar-refractivity contribution in [1.82, 2.24) is 0 Å². The molecular weight excluding hydrogens is 408 g/mol. The number of nitrogens with zero attached hydrogens (tertiary/aromatic N) is 2. The molecule has 0 unspecified atom stereocenters. The van der Waals surface area contributed by atoms with E-state index in [1.54, 1.807) is 58.2 Å². The highest BCUT2D eigenvalue weighted by Gasteiger charge is 2.29. The van der Waals surface area contributed by atoms with Crippen LogP contribution in [0.4, 0.5) is 5.69 Å². The first-order valence-electron chi connectivity index (χ1n) is 10.6. The summed E-state index contributed by atoms with van der Waals surface area (Å²) < 4.78 is 16.3. The number of esters is 1. The molecule has 32 heavy (non-hydrogen) atoms. The van der Waals surface area contributed by atoms with Gasteiger partial charge in [-0.05, 0) is 75.2 Å². The molecule has 1 heterocycles. The van der Waals surface area contributed by atoms with Crippen molar-refractivity contribution in [3.8, 4) is 11.5 Å². The molecule has 7 nitrogen and oxygen atoms in total. The zero-order chi connectivity index (χ0) is 23.3. The summed E-state index contributed by atoms with van der Waals surface area (Å²) in [6.45, 7) is 8.01. The molecule has 1 aliphatic heterocycles. The molecule has 3 rings (SSSR count). The molecule has 0 saturated carbocycles. The molecule has 0 atom stereocenters. The summed E-state index contributed by atoms with van der Waals surface area (Å²) in [5.74, 6) is 0.621. The predicted molar refractivity (Wildman–Crippen MR) is 124 cm³/mol. The molecule has 0 aliphatic carbocycles. The van der Waals surface area contributed by atoms with E-state index in [1.165, 1.54) is 5.01 Å². The second kappa shape index (κ2) is 10.1. The largest absolute Gasteiger partial charge is 0.493 e. The summed E-state index contributed by atoms with van der Waals surface area (Å²) in [7, 11) is 1.58. The Balaban J connectivity index is 1.81. The van der Waals surface area contributed by atoms with Gasteiger partial charge in [-0.25, -0.2) is 4.79 Å². The van der Waals surface area contributed by atoms with Crippen molar-refractivity contribution < 1.29 is 23.8 Å². The van der Waals surface area contributed by atoms with Gasteiger partial charge in [0.2, 0.25) is 0 Å². The second-order valence-electron chi connectivity index (χ2n) is 7.62. The number of methoxy groups -OCH3 is 1. The van der Waals surface area contributed by atoms with E-state index in [9.17, 15) is 9.59 Å². The minimum absolute atomic E-state index is 0.201. The Labute approximate surface area is 188 Å². The van der Waals surface area contributed by atoms with Crippen LogP contribution in [0.3, 0.4) is 0 Å². The molecule has 1 aliphatic rings.